The average molecular weight is 354 g/mol. The van der Waals surface area contributed by atoms with Gasteiger partial charge in [0.05, 0.1) is 6.61 Å². The number of nitrogens with one attached hydrogen (secondary N) is 1. The second kappa shape index (κ2) is 10.7. The largest absolute Gasteiger partial charge is 0.482 e. The van der Waals surface area contributed by atoms with E-state index in [1.807, 2.05) is 12.1 Å². The molecule has 0 atom stereocenters. The number of ether oxygens (including phenoxy) is 2. The lowest BCUT2D eigenvalue weighted by Crippen LogP contribution is -2.23. The zero-order chi connectivity index (χ0) is 18.6. The van der Waals surface area contributed by atoms with Gasteiger partial charge in [-0.05, 0) is 48.7 Å². The average Bonchev–Trinajstić information content (AvgIpc) is 2.67. The molecule has 0 aliphatic heterocycles. The number of hydrogen-bond acceptors (Lipinski definition) is 5. The van der Waals surface area contributed by atoms with E-state index >= 15 is 0 Å². The van der Waals surface area contributed by atoms with Crippen molar-refractivity contribution < 1.29 is 19.1 Å². The van der Waals surface area contributed by atoms with Crippen LogP contribution in [0.5, 0.6) is 5.75 Å². The van der Waals surface area contributed by atoms with E-state index in [1.165, 1.54) is 6.08 Å². The zero-order valence-electron chi connectivity index (χ0n) is 14.7. The van der Waals surface area contributed by atoms with Crippen molar-refractivity contribution in [3.05, 3.63) is 66.0 Å². The van der Waals surface area contributed by atoms with Gasteiger partial charge in [0.1, 0.15) is 5.75 Å². The van der Waals surface area contributed by atoms with Crippen LogP contribution in [0.3, 0.4) is 0 Å². The Hall–Kier alpha value is -3.15. The van der Waals surface area contributed by atoms with E-state index in [0.717, 1.165) is 17.5 Å². The summed E-state index contributed by atoms with van der Waals surface area (Å²) in [4.78, 5) is 27.1. The fraction of sp³-hybridized carbons (Fsp3) is 0.250. The zero-order valence-corrected chi connectivity index (χ0v) is 14.7. The van der Waals surface area contributed by atoms with Crippen LogP contribution in [0.1, 0.15) is 18.1 Å². The fourth-order valence-corrected chi connectivity index (χ4v) is 2.13. The van der Waals surface area contributed by atoms with Crippen molar-refractivity contribution in [2.45, 2.75) is 13.3 Å². The van der Waals surface area contributed by atoms with Gasteiger partial charge in [-0.25, -0.2) is 4.79 Å². The molecule has 26 heavy (non-hydrogen) atoms. The molecule has 2 aromatic rings. The van der Waals surface area contributed by atoms with Crippen LogP contribution in [0.4, 0.5) is 0 Å². The number of carbonyl (C=O) groups is 2. The van der Waals surface area contributed by atoms with Gasteiger partial charge in [-0.15, -0.1) is 0 Å². The minimum atomic E-state index is -0.403. The van der Waals surface area contributed by atoms with Gasteiger partial charge in [-0.1, -0.05) is 18.2 Å². The topological polar surface area (TPSA) is 77.5 Å². The van der Waals surface area contributed by atoms with E-state index in [1.54, 1.807) is 49.7 Å². The summed E-state index contributed by atoms with van der Waals surface area (Å²) in [5, 5.41) is 2.83. The molecule has 0 fully saturated rings. The molecule has 136 valence electrons. The van der Waals surface area contributed by atoms with Crippen LogP contribution in [-0.2, 0) is 20.7 Å². The van der Waals surface area contributed by atoms with E-state index in [9.17, 15) is 9.59 Å². The summed E-state index contributed by atoms with van der Waals surface area (Å²) in [6.07, 6.45) is 7.44. The Morgan fingerprint density at radius 3 is 2.69 bits per heavy atom. The maximum absolute atomic E-state index is 11.8. The van der Waals surface area contributed by atoms with Gasteiger partial charge in [-0.3, -0.25) is 9.78 Å². The van der Waals surface area contributed by atoms with Crippen LogP contribution in [0.2, 0.25) is 0 Å². The Bertz CT molecular complexity index is 727. The van der Waals surface area contributed by atoms with Crippen molar-refractivity contribution in [1.29, 1.82) is 0 Å². The number of hydrogen-bond donors (Lipinski definition) is 1. The van der Waals surface area contributed by atoms with Gasteiger partial charge in [0.25, 0.3) is 0 Å². The van der Waals surface area contributed by atoms with Gasteiger partial charge in [0.15, 0.2) is 6.61 Å². The lowest BCUT2D eigenvalue weighted by Gasteiger charge is -2.05. The van der Waals surface area contributed by atoms with E-state index in [0.29, 0.717) is 18.9 Å². The number of nitrogens with zero attached hydrogens (tertiary/aromatic N) is 1. The molecule has 0 spiro atoms. The lowest BCUT2D eigenvalue weighted by atomic mass is 10.2. The highest BCUT2D eigenvalue weighted by Gasteiger charge is 2.02. The van der Waals surface area contributed by atoms with Gasteiger partial charge in [0.2, 0.25) is 5.91 Å². The number of pyridine rings is 1. The Morgan fingerprint density at radius 2 is 2.00 bits per heavy atom. The van der Waals surface area contributed by atoms with E-state index in [2.05, 4.69) is 10.3 Å². The van der Waals surface area contributed by atoms with E-state index < -0.39 is 5.97 Å². The lowest BCUT2D eigenvalue weighted by molar-refractivity contribution is -0.145. The van der Waals surface area contributed by atoms with Crippen LogP contribution in [0.25, 0.3) is 6.08 Å². The third-order valence-electron chi connectivity index (χ3n) is 3.40. The Balaban J connectivity index is 1.73. The smallest absolute Gasteiger partial charge is 0.344 e. The summed E-state index contributed by atoms with van der Waals surface area (Å²) in [5.41, 5.74) is 1.94. The van der Waals surface area contributed by atoms with Gasteiger partial charge in [0, 0.05) is 25.0 Å². The van der Waals surface area contributed by atoms with Gasteiger partial charge in [-0.2, -0.15) is 0 Å². The number of esters is 1. The van der Waals surface area contributed by atoms with Gasteiger partial charge >= 0.3 is 5.97 Å². The SMILES string of the molecule is CCOC(=O)COc1ccc(/C=C/C(=O)NCCc2cccnc2)cc1. The molecule has 1 heterocycles. The Labute approximate surface area is 152 Å². The number of rotatable bonds is 9. The standard InChI is InChI=1S/C20H22N2O4/c1-2-25-20(24)15-26-18-8-5-16(6-9-18)7-10-19(23)22-13-11-17-4-3-12-21-14-17/h3-10,12,14H,2,11,13,15H2,1H3,(H,22,23)/b10-7+. The minimum Gasteiger partial charge on any atom is -0.482 e. The number of benzene rings is 1. The molecular weight excluding hydrogens is 332 g/mol. The molecule has 0 aliphatic carbocycles. The molecule has 0 saturated heterocycles. The molecule has 1 amide bonds. The van der Waals surface area contributed by atoms with Crippen molar-refractivity contribution in [3.63, 3.8) is 0 Å². The molecule has 0 radical (unpaired) electrons. The predicted molar refractivity (Wildman–Crippen MR) is 98.6 cm³/mol. The summed E-state index contributed by atoms with van der Waals surface area (Å²) >= 11 is 0. The molecule has 0 bridgehead atoms. The molecule has 2 rings (SSSR count). The van der Waals surface area contributed by atoms with Crippen LogP contribution >= 0.6 is 0 Å². The van der Waals surface area contributed by atoms with Crippen LogP contribution in [0, 0.1) is 0 Å². The maximum atomic E-state index is 11.8. The summed E-state index contributed by atoms with van der Waals surface area (Å²) in [6.45, 7) is 2.50. The molecule has 6 nitrogen and oxygen atoms in total. The quantitative estimate of drug-likeness (QED) is 0.553. The highest BCUT2D eigenvalue weighted by Crippen LogP contribution is 2.13. The second-order valence-corrected chi connectivity index (χ2v) is 5.40. The number of aromatic nitrogens is 1. The predicted octanol–water partition coefficient (Wildman–Crippen LogP) is 2.40. The molecule has 1 aromatic carbocycles. The molecule has 0 aliphatic rings. The first-order chi connectivity index (χ1) is 12.7. The summed E-state index contributed by atoms with van der Waals surface area (Å²) in [6, 6.07) is 10.9. The van der Waals surface area contributed by atoms with Crippen molar-refractivity contribution >= 4 is 18.0 Å². The normalized spacial score (nSPS) is 10.5. The first kappa shape index (κ1) is 19.2. The summed E-state index contributed by atoms with van der Waals surface area (Å²) in [5.74, 6) is 0.00656. The third kappa shape index (κ3) is 7.17. The second-order valence-electron chi connectivity index (χ2n) is 5.40. The van der Waals surface area contributed by atoms with Crippen molar-refractivity contribution in [2.24, 2.45) is 0 Å². The first-order valence-electron chi connectivity index (χ1n) is 8.40. The fourth-order valence-electron chi connectivity index (χ4n) is 2.13. The molecule has 0 saturated carbocycles. The summed E-state index contributed by atoms with van der Waals surface area (Å²) < 4.78 is 10.1. The van der Waals surface area contributed by atoms with Crippen molar-refractivity contribution in [1.82, 2.24) is 10.3 Å². The summed E-state index contributed by atoms with van der Waals surface area (Å²) in [7, 11) is 0. The van der Waals surface area contributed by atoms with Crippen LogP contribution in [-0.4, -0.2) is 36.6 Å². The molecule has 1 aromatic heterocycles. The minimum absolute atomic E-state index is 0.123. The monoisotopic (exact) mass is 354 g/mol. The molecular formula is C20H22N2O4. The van der Waals surface area contributed by atoms with Crippen molar-refractivity contribution in [3.8, 4) is 5.75 Å². The van der Waals surface area contributed by atoms with Crippen molar-refractivity contribution in [2.75, 3.05) is 19.8 Å². The molecule has 0 unspecified atom stereocenters. The Kier molecular flexibility index (Phi) is 7.86. The third-order valence-corrected chi connectivity index (χ3v) is 3.40. The number of amides is 1. The first-order valence-corrected chi connectivity index (χ1v) is 8.40. The number of carbonyl (C=O) groups excluding carboxylic acids is 2. The van der Waals surface area contributed by atoms with Crippen LogP contribution < -0.4 is 10.1 Å². The van der Waals surface area contributed by atoms with E-state index in [-0.39, 0.29) is 12.5 Å². The van der Waals surface area contributed by atoms with Gasteiger partial charge < -0.3 is 14.8 Å². The molecule has 6 heteroatoms. The Morgan fingerprint density at radius 1 is 1.19 bits per heavy atom. The highest BCUT2D eigenvalue weighted by molar-refractivity contribution is 5.91. The van der Waals surface area contributed by atoms with Crippen LogP contribution in [0.15, 0.2) is 54.9 Å². The highest BCUT2D eigenvalue weighted by atomic mass is 16.6. The van der Waals surface area contributed by atoms with E-state index in [4.69, 9.17) is 9.47 Å². The maximum Gasteiger partial charge on any atom is 0.344 e. The molecule has 1 N–H and O–H groups in total.